The molecule has 0 amide bonds. The van der Waals surface area contributed by atoms with Crippen LogP contribution in [0.4, 0.5) is 4.39 Å². The monoisotopic (exact) mass is 298 g/mol. The molecule has 2 heteroatoms. The van der Waals surface area contributed by atoms with Gasteiger partial charge in [-0.3, -0.25) is 0 Å². The van der Waals surface area contributed by atoms with Gasteiger partial charge in [-0.05, 0) is 35.9 Å². The second-order valence-corrected chi connectivity index (χ2v) is 5.87. The van der Waals surface area contributed by atoms with E-state index in [2.05, 4.69) is 31.2 Å². The molecule has 0 aliphatic heterocycles. The van der Waals surface area contributed by atoms with Gasteiger partial charge in [0.2, 0.25) is 0 Å². The van der Waals surface area contributed by atoms with E-state index in [1.807, 2.05) is 18.2 Å². The molecule has 3 aromatic rings. The van der Waals surface area contributed by atoms with Crippen molar-refractivity contribution >= 4 is 22.4 Å². The Hall–Kier alpha value is -1.86. The molecular formula is C19H16ClF. The lowest BCUT2D eigenvalue weighted by Crippen LogP contribution is -1.98. The van der Waals surface area contributed by atoms with Crippen LogP contribution < -0.4 is 0 Å². The SMILES string of the molecule is Cc1ccc(CC(Cl)c2ccc(F)c3ccccc23)cc1. The number of hydrogen-bond acceptors (Lipinski definition) is 0. The minimum atomic E-state index is -0.200. The van der Waals surface area contributed by atoms with Crippen molar-refractivity contribution < 1.29 is 4.39 Å². The van der Waals surface area contributed by atoms with E-state index in [1.165, 1.54) is 17.2 Å². The van der Waals surface area contributed by atoms with Gasteiger partial charge in [-0.15, -0.1) is 11.6 Å². The van der Waals surface area contributed by atoms with E-state index in [1.54, 1.807) is 12.1 Å². The zero-order chi connectivity index (χ0) is 14.8. The third kappa shape index (κ3) is 2.93. The molecule has 106 valence electrons. The molecular weight excluding hydrogens is 283 g/mol. The predicted molar refractivity (Wildman–Crippen MR) is 87.4 cm³/mol. The topological polar surface area (TPSA) is 0 Å². The first-order valence-corrected chi connectivity index (χ1v) is 7.45. The Balaban J connectivity index is 1.96. The number of fused-ring (bicyclic) bond motifs is 1. The minimum absolute atomic E-state index is 0.168. The highest BCUT2D eigenvalue weighted by Crippen LogP contribution is 2.32. The lowest BCUT2D eigenvalue weighted by Gasteiger charge is -2.14. The maximum atomic E-state index is 13.9. The van der Waals surface area contributed by atoms with Gasteiger partial charge in [0, 0.05) is 5.39 Å². The summed E-state index contributed by atoms with van der Waals surface area (Å²) in [5.74, 6) is -0.200. The first-order chi connectivity index (χ1) is 10.1. The molecule has 1 atom stereocenters. The summed E-state index contributed by atoms with van der Waals surface area (Å²) in [6.45, 7) is 2.06. The number of aryl methyl sites for hydroxylation is 1. The van der Waals surface area contributed by atoms with Crippen molar-refractivity contribution in [3.63, 3.8) is 0 Å². The highest BCUT2D eigenvalue weighted by Gasteiger charge is 2.14. The fourth-order valence-corrected chi connectivity index (χ4v) is 2.97. The van der Waals surface area contributed by atoms with Crippen molar-refractivity contribution in [2.75, 3.05) is 0 Å². The molecule has 0 aromatic heterocycles. The summed E-state index contributed by atoms with van der Waals surface area (Å²) in [7, 11) is 0. The van der Waals surface area contributed by atoms with Crippen molar-refractivity contribution in [2.45, 2.75) is 18.7 Å². The van der Waals surface area contributed by atoms with Crippen molar-refractivity contribution in [1.82, 2.24) is 0 Å². The van der Waals surface area contributed by atoms with Crippen LogP contribution in [-0.2, 0) is 6.42 Å². The van der Waals surface area contributed by atoms with Crippen LogP contribution in [0.2, 0.25) is 0 Å². The van der Waals surface area contributed by atoms with Gasteiger partial charge >= 0.3 is 0 Å². The van der Waals surface area contributed by atoms with Crippen LogP contribution in [0, 0.1) is 12.7 Å². The molecule has 3 rings (SSSR count). The molecule has 0 nitrogen and oxygen atoms in total. The van der Waals surface area contributed by atoms with Crippen LogP contribution in [0.15, 0.2) is 60.7 Å². The van der Waals surface area contributed by atoms with Gasteiger partial charge in [-0.2, -0.15) is 0 Å². The molecule has 0 spiro atoms. The van der Waals surface area contributed by atoms with Crippen LogP contribution in [-0.4, -0.2) is 0 Å². The van der Waals surface area contributed by atoms with Crippen LogP contribution >= 0.6 is 11.6 Å². The van der Waals surface area contributed by atoms with Gasteiger partial charge in [0.25, 0.3) is 0 Å². The Kier molecular flexibility index (Phi) is 3.94. The Morgan fingerprint density at radius 3 is 2.29 bits per heavy atom. The zero-order valence-corrected chi connectivity index (χ0v) is 12.6. The molecule has 0 bridgehead atoms. The van der Waals surface area contributed by atoms with E-state index in [-0.39, 0.29) is 11.2 Å². The molecule has 0 radical (unpaired) electrons. The normalized spacial score (nSPS) is 12.5. The summed E-state index contributed by atoms with van der Waals surface area (Å²) in [6, 6.07) is 19.1. The Labute approximate surface area is 129 Å². The van der Waals surface area contributed by atoms with Gasteiger partial charge in [-0.25, -0.2) is 4.39 Å². The maximum absolute atomic E-state index is 13.9. The van der Waals surface area contributed by atoms with Gasteiger partial charge in [-0.1, -0.05) is 60.2 Å². The molecule has 0 saturated carbocycles. The second-order valence-electron chi connectivity index (χ2n) is 5.34. The fraction of sp³-hybridized carbons (Fsp3) is 0.158. The number of hydrogen-bond donors (Lipinski definition) is 0. The molecule has 21 heavy (non-hydrogen) atoms. The highest BCUT2D eigenvalue weighted by molar-refractivity contribution is 6.22. The molecule has 3 aromatic carbocycles. The first kappa shape index (κ1) is 14.1. The van der Waals surface area contributed by atoms with E-state index < -0.39 is 0 Å². The number of alkyl halides is 1. The van der Waals surface area contributed by atoms with Gasteiger partial charge in [0.05, 0.1) is 5.38 Å². The second kappa shape index (κ2) is 5.87. The third-order valence-electron chi connectivity index (χ3n) is 3.78. The minimum Gasteiger partial charge on any atom is -0.206 e. The molecule has 0 N–H and O–H groups in total. The Morgan fingerprint density at radius 1 is 0.905 bits per heavy atom. The largest absolute Gasteiger partial charge is 0.206 e. The summed E-state index contributed by atoms with van der Waals surface area (Å²) in [6.07, 6.45) is 0.734. The van der Waals surface area contributed by atoms with Gasteiger partial charge in [0.1, 0.15) is 5.82 Å². The van der Waals surface area contributed by atoms with Crippen molar-refractivity contribution in [2.24, 2.45) is 0 Å². The van der Waals surface area contributed by atoms with E-state index >= 15 is 0 Å². The first-order valence-electron chi connectivity index (χ1n) is 7.02. The van der Waals surface area contributed by atoms with Crippen molar-refractivity contribution in [3.05, 3.63) is 83.2 Å². The predicted octanol–water partition coefficient (Wildman–Crippen LogP) is 5.81. The Morgan fingerprint density at radius 2 is 1.57 bits per heavy atom. The molecule has 1 unspecified atom stereocenters. The lowest BCUT2D eigenvalue weighted by molar-refractivity contribution is 0.639. The van der Waals surface area contributed by atoms with E-state index in [4.69, 9.17) is 11.6 Å². The quantitative estimate of drug-likeness (QED) is 0.535. The average Bonchev–Trinajstić information content (AvgIpc) is 2.50. The number of rotatable bonds is 3. The third-order valence-corrected chi connectivity index (χ3v) is 4.17. The van der Waals surface area contributed by atoms with Gasteiger partial charge < -0.3 is 0 Å². The molecule has 0 fully saturated rings. The highest BCUT2D eigenvalue weighted by atomic mass is 35.5. The maximum Gasteiger partial charge on any atom is 0.131 e. The van der Waals surface area contributed by atoms with Gasteiger partial charge in [0.15, 0.2) is 0 Å². The van der Waals surface area contributed by atoms with Crippen LogP contribution in [0.1, 0.15) is 22.1 Å². The fourth-order valence-electron chi connectivity index (χ4n) is 2.60. The Bertz CT molecular complexity index is 762. The zero-order valence-electron chi connectivity index (χ0n) is 11.8. The van der Waals surface area contributed by atoms with Crippen LogP contribution in [0.5, 0.6) is 0 Å². The van der Waals surface area contributed by atoms with E-state index in [9.17, 15) is 4.39 Å². The smallest absolute Gasteiger partial charge is 0.131 e. The van der Waals surface area contributed by atoms with Crippen molar-refractivity contribution in [1.29, 1.82) is 0 Å². The summed E-state index contributed by atoms with van der Waals surface area (Å²) < 4.78 is 13.9. The average molecular weight is 299 g/mol. The van der Waals surface area contributed by atoms with E-state index in [0.717, 1.165) is 17.4 Å². The van der Waals surface area contributed by atoms with E-state index in [0.29, 0.717) is 5.39 Å². The van der Waals surface area contributed by atoms with Crippen molar-refractivity contribution in [3.8, 4) is 0 Å². The summed E-state index contributed by atoms with van der Waals surface area (Å²) >= 11 is 6.59. The summed E-state index contributed by atoms with van der Waals surface area (Å²) in [5.41, 5.74) is 3.40. The molecule has 0 saturated heterocycles. The molecule has 0 aliphatic rings. The lowest BCUT2D eigenvalue weighted by atomic mass is 9.97. The molecule has 0 aliphatic carbocycles. The summed E-state index contributed by atoms with van der Waals surface area (Å²) in [4.78, 5) is 0. The molecule has 0 heterocycles. The standard InChI is InChI=1S/C19H16ClF/c1-13-6-8-14(9-7-13)12-18(20)16-10-11-19(21)17-5-3-2-4-15(16)17/h2-11,18H,12H2,1H3. The number of halogens is 2. The van der Waals surface area contributed by atoms with Crippen LogP contribution in [0.25, 0.3) is 10.8 Å². The van der Waals surface area contributed by atoms with Crippen LogP contribution in [0.3, 0.4) is 0 Å². The number of benzene rings is 3. The summed E-state index contributed by atoms with van der Waals surface area (Å²) in [5, 5.41) is 1.35.